The zero-order valence-corrected chi connectivity index (χ0v) is 6.98. The Balaban J connectivity index is 0. The summed E-state index contributed by atoms with van der Waals surface area (Å²) in [6, 6.07) is 0. The number of esters is 1. The van der Waals surface area contributed by atoms with Gasteiger partial charge in [-0.25, -0.2) is 0 Å². The molecule has 0 radical (unpaired) electrons. The van der Waals surface area contributed by atoms with Crippen LogP contribution in [0.5, 0.6) is 0 Å². The van der Waals surface area contributed by atoms with E-state index in [4.69, 9.17) is 0 Å². The number of carbonyl (C=O) groups is 2. The van der Waals surface area contributed by atoms with Crippen LogP contribution >= 0.6 is 0 Å². The normalized spacial score (nSPS) is 5.86. The van der Waals surface area contributed by atoms with Gasteiger partial charge in [-0.15, -0.1) is 0 Å². The van der Waals surface area contributed by atoms with Gasteiger partial charge in [-0.2, -0.15) is 0 Å². The number of rotatable bonds is 1. The number of carbonyl (C=O) groups excluding carboxylic acids is 2. The molecule has 0 rings (SSSR count). The Morgan fingerprint density at radius 3 is 2.14 bits per heavy atom. The predicted molar refractivity (Wildman–Crippen MR) is 17.8 cm³/mol. The second kappa shape index (κ2) is 5.76. The van der Waals surface area contributed by atoms with Crippen LogP contribution in [0.2, 0.25) is 0 Å². The molecule has 0 fully saturated rings. The van der Waals surface area contributed by atoms with Gasteiger partial charge in [0, 0.05) is 26.4 Å². The third kappa shape index (κ3) is 10.7. The standard InChI is InChI=1S/C3H4O3.Zn/c1-3(5)6-2-4;/h2H,1H3;. The Morgan fingerprint density at radius 1 is 1.71 bits per heavy atom. The van der Waals surface area contributed by atoms with Gasteiger partial charge in [0.25, 0.3) is 0 Å². The Labute approximate surface area is 53.8 Å². The first-order chi connectivity index (χ1) is 2.77. The Morgan fingerprint density at radius 2 is 2.14 bits per heavy atom. The summed E-state index contributed by atoms with van der Waals surface area (Å²) in [6.45, 7) is 1.26. The maximum atomic E-state index is 9.59. The summed E-state index contributed by atoms with van der Waals surface area (Å²) in [4.78, 5) is 18.8. The monoisotopic (exact) mass is 152 g/mol. The molecule has 0 aliphatic carbocycles. The van der Waals surface area contributed by atoms with Crippen LogP contribution in [-0.4, -0.2) is 12.4 Å². The van der Waals surface area contributed by atoms with Crippen molar-refractivity contribution in [3.8, 4) is 0 Å². The van der Waals surface area contributed by atoms with Crippen molar-refractivity contribution in [1.29, 1.82) is 0 Å². The van der Waals surface area contributed by atoms with Gasteiger partial charge in [0.1, 0.15) is 0 Å². The third-order valence-electron chi connectivity index (χ3n) is 0.214. The van der Waals surface area contributed by atoms with E-state index in [1.165, 1.54) is 0 Å². The number of hydrogen-bond acceptors (Lipinski definition) is 3. The van der Waals surface area contributed by atoms with Gasteiger partial charge in [0.15, 0.2) is 0 Å². The number of ether oxygens (including phenoxy) is 1. The zero-order valence-electron chi connectivity index (χ0n) is 4.01. The van der Waals surface area contributed by atoms with Crippen molar-refractivity contribution in [2.75, 3.05) is 0 Å². The molecule has 0 saturated carbocycles. The van der Waals surface area contributed by atoms with E-state index in [2.05, 4.69) is 4.74 Å². The smallest absolute Gasteiger partial charge is 0.310 e. The fourth-order valence-electron chi connectivity index (χ4n) is 0.0678. The first-order valence-electron chi connectivity index (χ1n) is 1.38. The van der Waals surface area contributed by atoms with E-state index in [9.17, 15) is 9.59 Å². The van der Waals surface area contributed by atoms with Crippen LogP contribution in [0, 0.1) is 0 Å². The Hall–Kier alpha value is -0.237. The van der Waals surface area contributed by atoms with E-state index in [0.29, 0.717) is 0 Å². The Bertz CT molecular complexity index is 70.6. The van der Waals surface area contributed by atoms with Crippen molar-refractivity contribution in [1.82, 2.24) is 0 Å². The van der Waals surface area contributed by atoms with Crippen molar-refractivity contribution < 1.29 is 33.8 Å². The molecule has 0 spiro atoms. The second-order valence-corrected chi connectivity index (χ2v) is 0.706. The summed E-state index contributed by atoms with van der Waals surface area (Å²) in [7, 11) is 0. The fraction of sp³-hybridized carbons (Fsp3) is 0.333. The van der Waals surface area contributed by atoms with Gasteiger partial charge in [-0.1, -0.05) is 0 Å². The fourth-order valence-corrected chi connectivity index (χ4v) is 0.0678. The van der Waals surface area contributed by atoms with E-state index in [1.807, 2.05) is 0 Å². The molecular weight excluding hydrogens is 149 g/mol. The minimum absolute atomic E-state index is 0. The minimum atomic E-state index is -0.579. The summed E-state index contributed by atoms with van der Waals surface area (Å²) >= 11 is 0. The topological polar surface area (TPSA) is 43.4 Å². The summed E-state index contributed by atoms with van der Waals surface area (Å²) in [5.41, 5.74) is 0. The first-order valence-corrected chi connectivity index (χ1v) is 1.38. The molecule has 0 amide bonds. The molecule has 36 valence electrons. The Kier molecular flexibility index (Phi) is 8.15. The molecule has 0 aromatic heterocycles. The van der Waals surface area contributed by atoms with Gasteiger partial charge in [-0.3, -0.25) is 9.59 Å². The first kappa shape index (κ1) is 9.90. The quantitative estimate of drug-likeness (QED) is 0.225. The minimum Gasteiger partial charge on any atom is -0.396 e. The maximum Gasteiger partial charge on any atom is 0.310 e. The van der Waals surface area contributed by atoms with E-state index < -0.39 is 5.97 Å². The summed E-state index contributed by atoms with van der Waals surface area (Å²) in [6.07, 6.45) is 0. The average Bonchev–Trinajstić information content (AvgIpc) is 1.35. The van der Waals surface area contributed by atoms with Crippen LogP contribution in [0.4, 0.5) is 0 Å². The van der Waals surface area contributed by atoms with Crippen LogP contribution in [0.3, 0.4) is 0 Å². The molecule has 4 heteroatoms. The molecule has 0 aliphatic heterocycles. The molecular formula is C3H4O3Zn. The summed E-state index contributed by atoms with van der Waals surface area (Å²) in [5.74, 6) is -0.579. The molecule has 0 unspecified atom stereocenters. The van der Waals surface area contributed by atoms with Crippen LogP contribution in [0.1, 0.15) is 6.92 Å². The molecule has 0 bridgehead atoms. The van der Waals surface area contributed by atoms with E-state index in [1.54, 1.807) is 0 Å². The molecule has 0 saturated heterocycles. The third-order valence-corrected chi connectivity index (χ3v) is 0.214. The van der Waals surface area contributed by atoms with E-state index in [-0.39, 0.29) is 26.0 Å². The van der Waals surface area contributed by atoms with Crippen molar-refractivity contribution in [3.05, 3.63) is 0 Å². The average molecular weight is 153 g/mol. The van der Waals surface area contributed by atoms with Crippen LogP contribution in [-0.2, 0) is 33.8 Å². The predicted octanol–water partition coefficient (Wildman–Crippen LogP) is -0.297. The summed E-state index contributed by atoms with van der Waals surface area (Å²) < 4.78 is 3.72. The van der Waals surface area contributed by atoms with Crippen molar-refractivity contribution in [2.24, 2.45) is 0 Å². The summed E-state index contributed by atoms with van der Waals surface area (Å²) in [5, 5.41) is 0. The van der Waals surface area contributed by atoms with Gasteiger partial charge in [-0.05, 0) is 0 Å². The van der Waals surface area contributed by atoms with Crippen LogP contribution in [0.15, 0.2) is 0 Å². The van der Waals surface area contributed by atoms with Crippen molar-refractivity contribution >= 4 is 12.4 Å². The molecule has 3 nitrogen and oxygen atoms in total. The maximum absolute atomic E-state index is 9.59. The SMILES string of the molecule is CC(=O)OC=O.[Zn]. The van der Waals surface area contributed by atoms with Gasteiger partial charge >= 0.3 is 12.4 Å². The molecule has 0 heterocycles. The molecule has 0 N–H and O–H groups in total. The van der Waals surface area contributed by atoms with E-state index >= 15 is 0 Å². The van der Waals surface area contributed by atoms with Crippen molar-refractivity contribution in [2.45, 2.75) is 6.92 Å². The van der Waals surface area contributed by atoms with Crippen LogP contribution in [0.25, 0.3) is 0 Å². The van der Waals surface area contributed by atoms with E-state index in [0.717, 1.165) is 6.92 Å². The zero-order chi connectivity index (χ0) is 4.99. The largest absolute Gasteiger partial charge is 0.396 e. The van der Waals surface area contributed by atoms with Gasteiger partial charge in [0.2, 0.25) is 0 Å². The van der Waals surface area contributed by atoms with Crippen LogP contribution < -0.4 is 0 Å². The van der Waals surface area contributed by atoms with Gasteiger partial charge < -0.3 is 4.74 Å². The molecule has 0 atom stereocenters. The molecule has 0 aliphatic rings. The van der Waals surface area contributed by atoms with Crippen molar-refractivity contribution in [3.63, 3.8) is 0 Å². The van der Waals surface area contributed by atoms with Gasteiger partial charge in [0.05, 0.1) is 0 Å². The molecule has 0 aromatic carbocycles. The molecule has 0 aromatic rings. The number of hydrogen-bond donors (Lipinski definition) is 0. The molecule has 7 heavy (non-hydrogen) atoms. The second-order valence-electron chi connectivity index (χ2n) is 0.706.